The minimum atomic E-state index is 0.0566. The fourth-order valence-electron chi connectivity index (χ4n) is 1.30. The number of nitriles is 1. The summed E-state index contributed by atoms with van der Waals surface area (Å²) in [5, 5.41) is 12.1. The molecule has 15 heavy (non-hydrogen) atoms. The number of rotatable bonds is 4. The molecule has 3 nitrogen and oxygen atoms in total. The van der Waals surface area contributed by atoms with Gasteiger partial charge in [0.1, 0.15) is 17.6 Å². The molecule has 1 aromatic rings. The van der Waals surface area contributed by atoms with Crippen LogP contribution in [0.4, 0.5) is 5.82 Å². The molecule has 0 unspecified atom stereocenters. The van der Waals surface area contributed by atoms with Gasteiger partial charge in [0.2, 0.25) is 0 Å². The van der Waals surface area contributed by atoms with Gasteiger partial charge in [-0.25, -0.2) is 4.98 Å². The van der Waals surface area contributed by atoms with E-state index in [2.05, 4.69) is 31.1 Å². The number of pyridine rings is 1. The molecule has 0 bridgehead atoms. The van der Waals surface area contributed by atoms with Crippen LogP contribution in [0, 0.1) is 11.3 Å². The van der Waals surface area contributed by atoms with Crippen LogP contribution in [0.15, 0.2) is 18.2 Å². The van der Waals surface area contributed by atoms with E-state index in [0.717, 1.165) is 18.7 Å². The first kappa shape index (κ1) is 11.5. The molecule has 0 spiro atoms. The summed E-state index contributed by atoms with van der Waals surface area (Å²) in [6.45, 7) is 6.45. The molecule has 0 fully saturated rings. The smallest absolute Gasteiger partial charge is 0.142 e. The second-order valence-corrected chi connectivity index (χ2v) is 3.91. The van der Waals surface area contributed by atoms with Crippen LogP contribution in [-0.2, 0) is 0 Å². The molecule has 1 heterocycles. The van der Waals surface area contributed by atoms with E-state index >= 15 is 0 Å². The van der Waals surface area contributed by atoms with Crippen molar-refractivity contribution in [3.63, 3.8) is 0 Å². The average molecular weight is 203 g/mol. The van der Waals surface area contributed by atoms with Gasteiger partial charge in [0.25, 0.3) is 0 Å². The number of aromatic nitrogens is 1. The molecule has 1 aromatic heterocycles. The highest BCUT2D eigenvalue weighted by Crippen LogP contribution is 2.20. The lowest BCUT2D eigenvalue weighted by molar-refractivity contribution is 0.476. The maximum Gasteiger partial charge on any atom is 0.142 e. The summed E-state index contributed by atoms with van der Waals surface area (Å²) in [6, 6.07) is 7.49. The number of hydrogen-bond acceptors (Lipinski definition) is 3. The zero-order valence-electron chi connectivity index (χ0n) is 9.54. The third kappa shape index (κ3) is 2.95. The van der Waals surface area contributed by atoms with Crippen molar-refractivity contribution in [2.24, 2.45) is 0 Å². The summed E-state index contributed by atoms with van der Waals surface area (Å²) in [5.41, 5.74) is 0.510. The number of hydrogen-bond donors (Lipinski definition) is 1. The largest absolute Gasteiger partial charge is 0.365 e. The second-order valence-electron chi connectivity index (χ2n) is 3.91. The molecule has 0 saturated heterocycles. The Bertz CT molecular complexity index is 361. The Balaban J connectivity index is 2.85. The van der Waals surface area contributed by atoms with Gasteiger partial charge in [-0.1, -0.05) is 19.9 Å². The van der Waals surface area contributed by atoms with Gasteiger partial charge in [-0.05, 0) is 31.9 Å². The molecule has 0 saturated carbocycles. The molecule has 0 radical (unpaired) electrons. The molecular weight excluding hydrogens is 186 g/mol. The van der Waals surface area contributed by atoms with E-state index in [9.17, 15) is 0 Å². The quantitative estimate of drug-likeness (QED) is 0.818. The Morgan fingerprint density at radius 3 is 2.60 bits per heavy atom. The van der Waals surface area contributed by atoms with Gasteiger partial charge in [-0.3, -0.25) is 0 Å². The topological polar surface area (TPSA) is 48.7 Å². The van der Waals surface area contributed by atoms with Crippen LogP contribution in [0.3, 0.4) is 0 Å². The van der Waals surface area contributed by atoms with Crippen LogP contribution < -0.4 is 5.32 Å². The Hall–Kier alpha value is -1.56. The lowest BCUT2D eigenvalue weighted by Gasteiger charge is -2.28. The first-order chi connectivity index (χ1) is 7.13. The van der Waals surface area contributed by atoms with Crippen molar-refractivity contribution >= 4 is 5.82 Å². The zero-order valence-corrected chi connectivity index (χ0v) is 9.54. The van der Waals surface area contributed by atoms with Crippen molar-refractivity contribution in [1.82, 2.24) is 4.98 Å². The van der Waals surface area contributed by atoms with E-state index in [0.29, 0.717) is 5.69 Å². The number of nitrogens with zero attached hydrogens (tertiary/aromatic N) is 2. The van der Waals surface area contributed by atoms with Gasteiger partial charge in [-0.2, -0.15) is 5.26 Å². The summed E-state index contributed by atoms with van der Waals surface area (Å²) in [5.74, 6) is 0.778. The molecule has 80 valence electrons. The van der Waals surface area contributed by atoms with Crippen molar-refractivity contribution in [3.05, 3.63) is 23.9 Å². The molecule has 3 heteroatoms. The third-order valence-electron chi connectivity index (χ3n) is 2.85. The third-order valence-corrected chi connectivity index (χ3v) is 2.85. The maximum absolute atomic E-state index is 8.73. The highest BCUT2D eigenvalue weighted by molar-refractivity contribution is 5.40. The Morgan fingerprint density at radius 1 is 1.40 bits per heavy atom. The summed E-state index contributed by atoms with van der Waals surface area (Å²) >= 11 is 0. The van der Waals surface area contributed by atoms with Crippen molar-refractivity contribution in [2.75, 3.05) is 5.32 Å². The van der Waals surface area contributed by atoms with E-state index in [1.807, 2.05) is 18.2 Å². The van der Waals surface area contributed by atoms with Crippen LogP contribution in [0.25, 0.3) is 0 Å². The fraction of sp³-hybridized carbons (Fsp3) is 0.500. The van der Waals surface area contributed by atoms with E-state index in [1.54, 1.807) is 6.07 Å². The standard InChI is InChI=1S/C12H17N3/c1-4-12(3,5-2)15-11-8-6-7-10(9-13)14-11/h6-8H,4-5H2,1-3H3,(H,14,15). The van der Waals surface area contributed by atoms with Gasteiger partial charge in [0.15, 0.2) is 0 Å². The number of nitrogens with one attached hydrogen (secondary N) is 1. The van der Waals surface area contributed by atoms with Gasteiger partial charge < -0.3 is 5.32 Å². The fourth-order valence-corrected chi connectivity index (χ4v) is 1.30. The maximum atomic E-state index is 8.73. The van der Waals surface area contributed by atoms with Crippen LogP contribution >= 0.6 is 0 Å². The van der Waals surface area contributed by atoms with Crippen LogP contribution in [-0.4, -0.2) is 10.5 Å². The van der Waals surface area contributed by atoms with Gasteiger partial charge in [0.05, 0.1) is 0 Å². The van der Waals surface area contributed by atoms with E-state index in [-0.39, 0.29) is 5.54 Å². The Morgan fingerprint density at radius 2 is 2.07 bits per heavy atom. The predicted octanol–water partition coefficient (Wildman–Crippen LogP) is 2.94. The van der Waals surface area contributed by atoms with Gasteiger partial charge >= 0.3 is 0 Å². The Kier molecular flexibility index (Phi) is 3.68. The minimum Gasteiger partial charge on any atom is -0.365 e. The van der Waals surface area contributed by atoms with E-state index < -0.39 is 0 Å². The lowest BCUT2D eigenvalue weighted by atomic mass is 9.96. The second kappa shape index (κ2) is 4.79. The molecule has 0 aliphatic carbocycles. The van der Waals surface area contributed by atoms with Gasteiger partial charge in [-0.15, -0.1) is 0 Å². The first-order valence-electron chi connectivity index (χ1n) is 5.29. The van der Waals surface area contributed by atoms with E-state index in [1.165, 1.54) is 0 Å². The molecule has 0 aliphatic heterocycles. The van der Waals surface area contributed by atoms with E-state index in [4.69, 9.17) is 5.26 Å². The van der Waals surface area contributed by atoms with Crippen molar-refractivity contribution in [1.29, 1.82) is 5.26 Å². The lowest BCUT2D eigenvalue weighted by Crippen LogP contribution is -2.33. The molecular formula is C12H17N3. The molecule has 1 N–H and O–H groups in total. The molecule has 0 aliphatic rings. The SMILES string of the molecule is CCC(C)(CC)Nc1cccc(C#N)n1. The average Bonchev–Trinajstić information content (AvgIpc) is 2.29. The van der Waals surface area contributed by atoms with Crippen LogP contribution in [0.5, 0.6) is 0 Å². The van der Waals surface area contributed by atoms with Crippen LogP contribution in [0.2, 0.25) is 0 Å². The van der Waals surface area contributed by atoms with Crippen molar-refractivity contribution in [2.45, 2.75) is 39.2 Å². The molecule has 0 aromatic carbocycles. The molecule has 1 rings (SSSR count). The summed E-state index contributed by atoms with van der Waals surface area (Å²) in [6.07, 6.45) is 2.06. The van der Waals surface area contributed by atoms with Crippen molar-refractivity contribution < 1.29 is 0 Å². The van der Waals surface area contributed by atoms with Gasteiger partial charge in [0, 0.05) is 5.54 Å². The van der Waals surface area contributed by atoms with Crippen LogP contribution in [0.1, 0.15) is 39.3 Å². The predicted molar refractivity (Wildman–Crippen MR) is 61.6 cm³/mol. The first-order valence-corrected chi connectivity index (χ1v) is 5.29. The normalized spacial score (nSPS) is 10.8. The molecule has 0 atom stereocenters. The summed E-state index contributed by atoms with van der Waals surface area (Å²) < 4.78 is 0. The zero-order chi connectivity index (χ0) is 11.3. The Labute approximate surface area is 91.1 Å². The summed E-state index contributed by atoms with van der Waals surface area (Å²) in [4.78, 5) is 4.20. The number of anilines is 1. The molecule has 0 amide bonds. The highest BCUT2D eigenvalue weighted by atomic mass is 15.0. The summed E-state index contributed by atoms with van der Waals surface area (Å²) in [7, 11) is 0. The highest BCUT2D eigenvalue weighted by Gasteiger charge is 2.19. The minimum absolute atomic E-state index is 0.0566. The van der Waals surface area contributed by atoms with Crippen molar-refractivity contribution in [3.8, 4) is 6.07 Å². The monoisotopic (exact) mass is 203 g/mol.